The van der Waals surface area contributed by atoms with E-state index in [0.717, 1.165) is 31.5 Å². The second-order valence-corrected chi connectivity index (χ2v) is 4.36. The van der Waals surface area contributed by atoms with Gasteiger partial charge in [-0.25, -0.2) is 0 Å². The molecule has 0 aromatic heterocycles. The SMILES string of the molecule is N#Cc1ccc(C2CCNCC2)cc1B(O)O. The van der Waals surface area contributed by atoms with Crippen LogP contribution in [0.3, 0.4) is 0 Å². The van der Waals surface area contributed by atoms with Gasteiger partial charge in [0.1, 0.15) is 0 Å². The number of rotatable bonds is 2. The third-order valence-electron chi connectivity index (χ3n) is 3.28. The summed E-state index contributed by atoms with van der Waals surface area (Å²) in [4.78, 5) is 0. The van der Waals surface area contributed by atoms with Gasteiger partial charge in [0.2, 0.25) is 0 Å². The number of piperidine rings is 1. The molecule has 1 aliphatic rings. The van der Waals surface area contributed by atoms with Crippen LogP contribution >= 0.6 is 0 Å². The van der Waals surface area contributed by atoms with Gasteiger partial charge in [0.15, 0.2) is 0 Å². The van der Waals surface area contributed by atoms with E-state index < -0.39 is 7.12 Å². The molecule has 17 heavy (non-hydrogen) atoms. The molecule has 1 saturated heterocycles. The summed E-state index contributed by atoms with van der Waals surface area (Å²) in [7, 11) is -1.58. The van der Waals surface area contributed by atoms with E-state index in [0.29, 0.717) is 16.9 Å². The fourth-order valence-corrected chi connectivity index (χ4v) is 2.31. The van der Waals surface area contributed by atoms with Gasteiger partial charge in [-0.1, -0.05) is 12.1 Å². The third kappa shape index (κ3) is 2.67. The van der Waals surface area contributed by atoms with Crippen LogP contribution in [-0.2, 0) is 0 Å². The fourth-order valence-electron chi connectivity index (χ4n) is 2.31. The summed E-state index contributed by atoms with van der Waals surface area (Å²) >= 11 is 0. The molecule has 2 rings (SSSR count). The van der Waals surface area contributed by atoms with Crippen LogP contribution in [-0.4, -0.2) is 30.3 Å². The van der Waals surface area contributed by atoms with Gasteiger partial charge in [-0.3, -0.25) is 0 Å². The Morgan fingerprint density at radius 2 is 2.00 bits per heavy atom. The highest BCUT2D eigenvalue weighted by molar-refractivity contribution is 6.59. The minimum Gasteiger partial charge on any atom is -0.423 e. The lowest BCUT2D eigenvalue weighted by molar-refractivity contribution is 0.425. The normalized spacial score (nSPS) is 16.5. The molecule has 0 radical (unpaired) electrons. The van der Waals surface area contributed by atoms with Crippen molar-refractivity contribution >= 4 is 12.6 Å². The molecular formula is C12H15BN2O2. The van der Waals surface area contributed by atoms with E-state index in [-0.39, 0.29) is 0 Å². The first kappa shape index (κ1) is 12.1. The molecule has 0 amide bonds. The second kappa shape index (κ2) is 5.32. The van der Waals surface area contributed by atoms with Crippen LogP contribution in [0.15, 0.2) is 18.2 Å². The Kier molecular flexibility index (Phi) is 3.80. The third-order valence-corrected chi connectivity index (χ3v) is 3.28. The summed E-state index contributed by atoms with van der Waals surface area (Å²) in [5.74, 6) is 0.446. The minimum atomic E-state index is -1.58. The zero-order chi connectivity index (χ0) is 12.3. The van der Waals surface area contributed by atoms with Gasteiger partial charge in [0.25, 0.3) is 0 Å². The molecule has 0 saturated carbocycles. The van der Waals surface area contributed by atoms with Crippen molar-refractivity contribution in [2.75, 3.05) is 13.1 Å². The molecule has 0 bridgehead atoms. The van der Waals surface area contributed by atoms with Crippen LogP contribution in [0.25, 0.3) is 0 Å². The molecule has 1 aliphatic heterocycles. The summed E-state index contributed by atoms with van der Waals surface area (Å²) in [5, 5.41) is 30.7. The lowest BCUT2D eigenvalue weighted by Crippen LogP contribution is -2.33. The van der Waals surface area contributed by atoms with Crippen molar-refractivity contribution in [2.24, 2.45) is 0 Å². The Bertz CT molecular complexity index is 437. The summed E-state index contributed by atoms with van der Waals surface area (Å²) in [6, 6.07) is 7.31. The molecule has 1 fully saturated rings. The Morgan fingerprint density at radius 1 is 1.29 bits per heavy atom. The van der Waals surface area contributed by atoms with Crippen molar-refractivity contribution in [3.63, 3.8) is 0 Å². The Labute approximate surface area is 101 Å². The predicted molar refractivity (Wildman–Crippen MR) is 65.8 cm³/mol. The van der Waals surface area contributed by atoms with Gasteiger partial charge in [-0.2, -0.15) is 5.26 Å². The fraction of sp³-hybridized carbons (Fsp3) is 0.417. The Balaban J connectivity index is 2.30. The molecule has 0 unspecified atom stereocenters. The van der Waals surface area contributed by atoms with Gasteiger partial charge >= 0.3 is 7.12 Å². The first-order valence-electron chi connectivity index (χ1n) is 5.83. The summed E-state index contributed by atoms with van der Waals surface area (Å²) in [6.07, 6.45) is 2.10. The van der Waals surface area contributed by atoms with Gasteiger partial charge in [-0.15, -0.1) is 0 Å². The molecule has 88 valence electrons. The van der Waals surface area contributed by atoms with E-state index in [1.807, 2.05) is 12.1 Å². The molecule has 4 nitrogen and oxygen atoms in total. The first-order chi connectivity index (χ1) is 8.22. The Morgan fingerprint density at radius 3 is 2.59 bits per heavy atom. The molecule has 1 aromatic carbocycles. The van der Waals surface area contributed by atoms with Crippen LogP contribution in [0.4, 0.5) is 0 Å². The topological polar surface area (TPSA) is 76.3 Å². The highest BCUT2D eigenvalue weighted by Gasteiger charge is 2.20. The van der Waals surface area contributed by atoms with Gasteiger partial charge < -0.3 is 15.4 Å². The van der Waals surface area contributed by atoms with Crippen LogP contribution in [0.2, 0.25) is 0 Å². The quantitative estimate of drug-likeness (QED) is 0.610. The first-order valence-corrected chi connectivity index (χ1v) is 5.83. The van der Waals surface area contributed by atoms with Crippen LogP contribution in [0.5, 0.6) is 0 Å². The highest BCUT2D eigenvalue weighted by Crippen LogP contribution is 2.24. The zero-order valence-corrected chi connectivity index (χ0v) is 9.56. The van der Waals surface area contributed by atoms with E-state index in [2.05, 4.69) is 5.32 Å². The largest absolute Gasteiger partial charge is 0.489 e. The molecule has 1 aromatic rings. The van der Waals surface area contributed by atoms with E-state index in [1.165, 1.54) is 0 Å². The van der Waals surface area contributed by atoms with Crippen molar-refractivity contribution in [1.82, 2.24) is 5.32 Å². The van der Waals surface area contributed by atoms with Crippen LogP contribution in [0, 0.1) is 11.3 Å². The number of hydrogen-bond donors (Lipinski definition) is 3. The van der Waals surface area contributed by atoms with Crippen molar-refractivity contribution in [3.05, 3.63) is 29.3 Å². The molecule has 3 N–H and O–H groups in total. The molecule has 1 heterocycles. The molecule has 0 aliphatic carbocycles. The summed E-state index contributed by atoms with van der Waals surface area (Å²) in [6.45, 7) is 1.98. The number of nitriles is 1. The van der Waals surface area contributed by atoms with Gasteiger partial charge in [0.05, 0.1) is 11.6 Å². The van der Waals surface area contributed by atoms with E-state index in [9.17, 15) is 10.0 Å². The maximum atomic E-state index is 9.25. The molecule has 5 heteroatoms. The standard InChI is InChI=1S/C12H15BN2O2/c14-8-11-2-1-10(7-12(11)13(16)17)9-3-5-15-6-4-9/h1-2,7,9,15-17H,3-6H2. The average molecular weight is 230 g/mol. The van der Waals surface area contributed by atoms with Gasteiger partial charge in [0, 0.05) is 5.46 Å². The number of nitrogens with one attached hydrogen (secondary N) is 1. The maximum Gasteiger partial charge on any atom is 0.489 e. The van der Waals surface area contributed by atoms with Crippen LogP contribution in [0.1, 0.15) is 29.9 Å². The minimum absolute atomic E-state index is 0.309. The van der Waals surface area contributed by atoms with E-state index >= 15 is 0 Å². The lowest BCUT2D eigenvalue weighted by Gasteiger charge is -2.23. The summed E-state index contributed by atoms with van der Waals surface area (Å²) < 4.78 is 0. The maximum absolute atomic E-state index is 9.25. The monoisotopic (exact) mass is 230 g/mol. The molecule has 0 atom stereocenters. The Hall–Kier alpha value is -1.35. The van der Waals surface area contributed by atoms with E-state index in [4.69, 9.17) is 5.26 Å². The highest BCUT2D eigenvalue weighted by atomic mass is 16.4. The second-order valence-electron chi connectivity index (χ2n) is 4.36. The van der Waals surface area contributed by atoms with Crippen molar-refractivity contribution in [3.8, 4) is 6.07 Å². The molecular weight excluding hydrogens is 215 g/mol. The smallest absolute Gasteiger partial charge is 0.423 e. The average Bonchev–Trinajstić information content (AvgIpc) is 2.39. The van der Waals surface area contributed by atoms with Crippen molar-refractivity contribution < 1.29 is 10.0 Å². The number of nitrogens with zero attached hydrogens (tertiary/aromatic N) is 1. The predicted octanol–water partition coefficient (Wildman–Crippen LogP) is -0.295. The number of hydrogen-bond acceptors (Lipinski definition) is 4. The van der Waals surface area contributed by atoms with Crippen LogP contribution < -0.4 is 10.8 Å². The summed E-state index contributed by atoms with van der Waals surface area (Å²) in [5.41, 5.74) is 1.73. The van der Waals surface area contributed by atoms with Crippen molar-refractivity contribution in [2.45, 2.75) is 18.8 Å². The van der Waals surface area contributed by atoms with Crippen molar-refractivity contribution in [1.29, 1.82) is 5.26 Å². The molecule has 0 spiro atoms. The zero-order valence-electron chi connectivity index (χ0n) is 9.56. The number of benzene rings is 1. The van der Waals surface area contributed by atoms with E-state index in [1.54, 1.807) is 12.1 Å². The van der Waals surface area contributed by atoms with Gasteiger partial charge in [-0.05, 0) is 43.5 Å². The lowest BCUT2D eigenvalue weighted by atomic mass is 9.75.